The van der Waals surface area contributed by atoms with Gasteiger partial charge in [-0.1, -0.05) is 34.1 Å². The SMILES string of the molecule is C=CCC(O)(CBr)c1ccc(OC)cc1. The molecule has 1 aromatic carbocycles. The highest BCUT2D eigenvalue weighted by molar-refractivity contribution is 9.09. The highest BCUT2D eigenvalue weighted by Crippen LogP contribution is 2.28. The molecule has 15 heavy (non-hydrogen) atoms. The Labute approximate surface area is 98.7 Å². The first-order valence-corrected chi connectivity index (χ1v) is 5.82. The summed E-state index contributed by atoms with van der Waals surface area (Å²) in [5.41, 5.74) is -0.0198. The van der Waals surface area contributed by atoms with Gasteiger partial charge < -0.3 is 9.84 Å². The first-order valence-electron chi connectivity index (χ1n) is 4.70. The van der Waals surface area contributed by atoms with Crippen molar-refractivity contribution in [2.75, 3.05) is 12.4 Å². The third-order valence-electron chi connectivity index (χ3n) is 2.33. The second kappa shape index (κ2) is 5.33. The second-order valence-corrected chi connectivity index (χ2v) is 3.95. The summed E-state index contributed by atoms with van der Waals surface area (Å²) >= 11 is 3.32. The lowest BCUT2D eigenvalue weighted by Crippen LogP contribution is -2.26. The number of benzene rings is 1. The Morgan fingerprint density at radius 1 is 1.47 bits per heavy atom. The van der Waals surface area contributed by atoms with Gasteiger partial charge in [-0.05, 0) is 24.1 Å². The summed E-state index contributed by atoms with van der Waals surface area (Å²) in [6.07, 6.45) is 2.23. The highest BCUT2D eigenvalue weighted by atomic mass is 79.9. The van der Waals surface area contributed by atoms with Crippen molar-refractivity contribution in [2.24, 2.45) is 0 Å². The Hall–Kier alpha value is -0.800. The largest absolute Gasteiger partial charge is 0.497 e. The molecule has 1 N–H and O–H groups in total. The van der Waals surface area contributed by atoms with E-state index in [0.29, 0.717) is 11.8 Å². The van der Waals surface area contributed by atoms with Gasteiger partial charge in [0.05, 0.1) is 7.11 Å². The molecular weight excluding hydrogens is 256 g/mol. The Bertz CT molecular complexity index is 321. The van der Waals surface area contributed by atoms with E-state index < -0.39 is 5.60 Å². The first kappa shape index (κ1) is 12.3. The van der Waals surface area contributed by atoms with Gasteiger partial charge >= 0.3 is 0 Å². The number of methoxy groups -OCH3 is 1. The molecule has 0 aromatic heterocycles. The number of rotatable bonds is 5. The van der Waals surface area contributed by atoms with Crippen LogP contribution in [0.4, 0.5) is 0 Å². The van der Waals surface area contributed by atoms with Crippen molar-refractivity contribution in [1.82, 2.24) is 0 Å². The fourth-order valence-corrected chi connectivity index (χ4v) is 1.94. The van der Waals surface area contributed by atoms with Crippen molar-refractivity contribution in [1.29, 1.82) is 0 Å². The predicted octanol–water partition coefficient (Wildman–Crippen LogP) is 2.85. The van der Waals surface area contributed by atoms with Gasteiger partial charge in [0, 0.05) is 5.33 Å². The van der Waals surface area contributed by atoms with Crippen LogP contribution >= 0.6 is 15.9 Å². The zero-order valence-electron chi connectivity index (χ0n) is 8.74. The number of hydrogen-bond donors (Lipinski definition) is 1. The molecular formula is C12H15BrO2. The lowest BCUT2D eigenvalue weighted by Gasteiger charge is -2.25. The van der Waals surface area contributed by atoms with Crippen molar-refractivity contribution < 1.29 is 9.84 Å². The van der Waals surface area contributed by atoms with Crippen LogP contribution in [-0.4, -0.2) is 17.5 Å². The van der Waals surface area contributed by atoms with Gasteiger partial charge in [-0.2, -0.15) is 0 Å². The summed E-state index contributed by atoms with van der Waals surface area (Å²) in [5.74, 6) is 0.786. The van der Waals surface area contributed by atoms with E-state index in [2.05, 4.69) is 22.5 Å². The Kier molecular flexibility index (Phi) is 4.36. The minimum absolute atomic E-state index is 0.484. The Morgan fingerprint density at radius 2 is 2.07 bits per heavy atom. The molecule has 0 saturated carbocycles. The third kappa shape index (κ3) is 2.83. The molecule has 2 nitrogen and oxygen atoms in total. The van der Waals surface area contributed by atoms with E-state index in [1.165, 1.54) is 0 Å². The zero-order chi connectivity index (χ0) is 11.3. The molecule has 3 heteroatoms. The van der Waals surface area contributed by atoms with Crippen molar-refractivity contribution in [2.45, 2.75) is 12.0 Å². The van der Waals surface area contributed by atoms with Crippen molar-refractivity contribution in [3.8, 4) is 5.75 Å². The van der Waals surface area contributed by atoms with Crippen LogP contribution in [-0.2, 0) is 5.60 Å². The van der Waals surface area contributed by atoms with Crippen LogP contribution in [0.3, 0.4) is 0 Å². The number of ether oxygens (including phenoxy) is 1. The second-order valence-electron chi connectivity index (χ2n) is 3.39. The van der Waals surface area contributed by atoms with E-state index in [-0.39, 0.29) is 0 Å². The van der Waals surface area contributed by atoms with Crippen molar-refractivity contribution in [3.63, 3.8) is 0 Å². The lowest BCUT2D eigenvalue weighted by molar-refractivity contribution is 0.0672. The fraction of sp³-hybridized carbons (Fsp3) is 0.333. The maximum atomic E-state index is 10.3. The number of aliphatic hydroxyl groups is 1. The van der Waals surface area contributed by atoms with E-state index in [0.717, 1.165) is 11.3 Å². The van der Waals surface area contributed by atoms with E-state index in [1.54, 1.807) is 13.2 Å². The van der Waals surface area contributed by atoms with Gasteiger partial charge in [0.1, 0.15) is 11.4 Å². The maximum absolute atomic E-state index is 10.3. The average molecular weight is 271 g/mol. The van der Waals surface area contributed by atoms with Gasteiger partial charge in [0.2, 0.25) is 0 Å². The van der Waals surface area contributed by atoms with Crippen LogP contribution in [0.15, 0.2) is 36.9 Å². The van der Waals surface area contributed by atoms with E-state index >= 15 is 0 Å². The van der Waals surface area contributed by atoms with Crippen molar-refractivity contribution >= 4 is 15.9 Å². The van der Waals surface area contributed by atoms with Crippen LogP contribution in [0, 0.1) is 0 Å². The zero-order valence-corrected chi connectivity index (χ0v) is 10.3. The quantitative estimate of drug-likeness (QED) is 0.659. The highest BCUT2D eigenvalue weighted by Gasteiger charge is 2.26. The molecule has 0 spiro atoms. The number of alkyl halides is 1. The van der Waals surface area contributed by atoms with Crippen LogP contribution in [0.5, 0.6) is 5.75 Å². The average Bonchev–Trinajstić information content (AvgIpc) is 2.29. The molecule has 0 amide bonds. The maximum Gasteiger partial charge on any atom is 0.118 e. The number of halogens is 1. The third-order valence-corrected chi connectivity index (χ3v) is 3.26. The van der Waals surface area contributed by atoms with Gasteiger partial charge in [0.25, 0.3) is 0 Å². The van der Waals surface area contributed by atoms with Gasteiger partial charge in [0.15, 0.2) is 0 Å². The summed E-state index contributed by atoms with van der Waals surface area (Å²) in [6.45, 7) is 3.65. The molecule has 0 fully saturated rings. The van der Waals surface area contributed by atoms with Crippen LogP contribution < -0.4 is 4.74 Å². The molecule has 1 atom stereocenters. The Morgan fingerprint density at radius 3 is 2.47 bits per heavy atom. The number of hydrogen-bond acceptors (Lipinski definition) is 2. The lowest BCUT2D eigenvalue weighted by atomic mass is 9.92. The van der Waals surface area contributed by atoms with Crippen LogP contribution in [0.25, 0.3) is 0 Å². The molecule has 0 saturated heterocycles. The molecule has 0 heterocycles. The molecule has 1 aromatic rings. The monoisotopic (exact) mass is 270 g/mol. The van der Waals surface area contributed by atoms with Gasteiger partial charge in [-0.3, -0.25) is 0 Å². The molecule has 0 aliphatic carbocycles. The van der Waals surface area contributed by atoms with Crippen LogP contribution in [0.2, 0.25) is 0 Å². The minimum atomic E-state index is -0.881. The molecule has 0 radical (unpaired) electrons. The normalized spacial score (nSPS) is 14.3. The van der Waals surface area contributed by atoms with E-state index in [9.17, 15) is 5.11 Å². The summed E-state index contributed by atoms with van der Waals surface area (Å²) in [7, 11) is 1.62. The smallest absolute Gasteiger partial charge is 0.118 e. The fourth-order valence-electron chi connectivity index (χ4n) is 1.39. The molecule has 1 rings (SSSR count). The minimum Gasteiger partial charge on any atom is -0.497 e. The first-order chi connectivity index (χ1) is 7.16. The van der Waals surface area contributed by atoms with Gasteiger partial charge in [-0.15, -0.1) is 6.58 Å². The topological polar surface area (TPSA) is 29.5 Å². The Balaban J connectivity index is 2.96. The molecule has 82 valence electrons. The summed E-state index contributed by atoms with van der Waals surface area (Å²) in [5, 5.41) is 10.8. The van der Waals surface area contributed by atoms with Crippen LogP contribution in [0.1, 0.15) is 12.0 Å². The summed E-state index contributed by atoms with van der Waals surface area (Å²) in [6, 6.07) is 7.41. The summed E-state index contributed by atoms with van der Waals surface area (Å²) < 4.78 is 5.06. The molecule has 0 aliphatic heterocycles. The van der Waals surface area contributed by atoms with E-state index in [4.69, 9.17) is 4.74 Å². The standard InChI is InChI=1S/C12H15BrO2/c1-3-8-12(14,9-13)10-4-6-11(15-2)7-5-10/h3-7,14H,1,8-9H2,2H3. The van der Waals surface area contributed by atoms with Gasteiger partial charge in [-0.25, -0.2) is 0 Å². The van der Waals surface area contributed by atoms with Crippen molar-refractivity contribution in [3.05, 3.63) is 42.5 Å². The van der Waals surface area contributed by atoms with E-state index in [1.807, 2.05) is 24.3 Å². The molecule has 0 bridgehead atoms. The summed E-state index contributed by atoms with van der Waals surface area (Å²) in [4.78, 5) is 0. The molecule has 0 aliphatic rings. The predicted molar refractivity (Wildman–Crippen MR) is 65.5 cm³/mol. The molecule has 1 unspecified atom stereocenters.